The van der Waals surface area contributed by atoms with Crippen LogP contribution in [-0.2, 0) is 17.6 Å². The van der Waals surface area contributed by atoms with Crippen molar-refractivity contribution in [2.75, 3.05) is 0 Å². The molecule has 1 rings (SSSR count). The zero-order valence-electron chi connectivity index (χ0n) is 12.6. The molecule has 0 radical (unpaired) electrons. The van der Waals surface area contributed by atoms with Crippen LogP contribution in [0.25, 0.3) is 0 Å². The van der Waals surface area contributed by atoms with Gasteiger partial charge in [-0.25, -0.2) is 4.79 Å². The van der Waals surface area contributed by atoms with Crippen LogP contribution in [-0.4, -0.2) is 22.5 Å². The third-order valence-electron chi connectivity index (χ3n) is 3.55. The molecular weight excluding hydrogens is 274 g/mol. The van der Waals surface area contributed by atoms with Gasteiger partial charge in [0.1, 0.15) is 5.54 Å². The molecule has 0 saturated heterocycles. The van der Waals surface area contributed by atoms with E-state index in [-0.39, 0.29) is 5.91 Å². The van der Waals surface area contributed by atoms with Crippen LogP contribution in [0, 0.1) is 0 Å². The van der Waals surface area contributed by atoms with Crippen molar-refractivity contribution in [1.82, 2.24) is 5.32 Å². The second kappa shape index (κ2) is 6.88. The van der Waals surface area contributed by atoms with Gasteiger partial charge in [0.2, 0.25) is 0 Å². The first-order chi connectivity index (χ1) is 9.37. The highest BCUT2D eigenvalue weighted by Crippen LogP contribution is 2.25. The Labute approximate surface area is 124 Å². The summed E-state index contributed by atoms with van der Waals surface area (Å²) in [6.07, 6.45) is 3.24. The Balaban J connectivity index is 2.95. The van der Waals surface area contributed by atoms with Crippen LogP contribution in [0.2, 0.25) is 0 Å². The minimum atomic E-state index is -1.21. The lowest BCUT2D eigenvalue weighted by molar-refractivity contribution is -0.143. The first kappa shape index (κ1) is 16.7. The van der Waals surface area contributed by atoms with Crippen LogP contribution in [0.3, 0.4) is 0 Å². The SMILES string of the molecule is CCCc1sc(C(=O)NC(C)(CC)C(=O)O)cc1CC. The average molecular weight is 297 g/mol. The Bertz CT molecular complexity index is 495. The molecule has 5 heteroatoms. The summed E-state index contributed by atoms with van der Waals surface area (Å²) in [5, 5.41) is 11.8. The highest BCUT2D eigenvalue weighted by Gasteiger charge is 2.33. The molecule has 0 aliphatic rings. The molecule has 0 bridgehead atoms. The Hall–Kier alpha value is -1.36. The van der Waals surface area contributed by atoms with Gasteiger partial charge in [-0.15, -0.1) is 11.3 Å². The predicted molar refractivity (Wildman–Crippen MR) is 81.5 cm³/mol. The number of nitrogens with one attached hydrogen (secondary N) is 1. The predicted octanol–water partition coefficient (Wildman–Crippen LogP) is 3.25. The normalized spacial score (nSPS) is 13.8. The Kier molecular flexibility index (Phi) is 5.74. The fourth-order valence-electron chi connectivity index (χ4n) is 1.92. The van der Waals surface area contributed by atoms with Crippen LogP contribution >= 0.6 is 11.3 Å². The van der Waals surface area contributed by atoms with E-state index in [1.54, 1.807) is 6.92 Å². The number of rotatable bonds is 7. The zero-order valence-corrected chi connectivity index (χ0v) is 13.4. The number of hydrogen-bond acceptors (Lipinski definition) is 3. The molecule has 4 nitrogen and oxygen atoms in total. The molecule has 20 heavy (non-hydrogen) atoms. The van der Waals surface area contributed by atoms with E-state index in [9.17, 15) is 14.7 Å². The molecule has 1 amide bonds. The molecule has 0 saturated carbocycles. The lowest BCUT2D eigenvalue weighted by Gasteiger charge is -2.24. The monoisotopic (exact) mass is 297 g/mol. The zero-order chi connectivity index (χ0) is 15.3. The van der Waals surface area contributed by atoms with Gasteiger partial charge in [-0.2, -0.15) is 0 Å². The average Bonchev–Trinajstić information content (AvgIpc) is 2.82. The third kappa shape index (κ3) is 3.60. The van der Waals surface area contributed by atoms with Gasteiger partial charge in [-0.1, -0.05) is 27.2 Å². The lowest BCUT2D eigenvalue weighted by atomic mass is 9.99. The van der Waals surface area contributed by atoms with E-state index in [0.717, 1.165) is 19.3 Å². The van der Waals surface area contributed by atoms with Crippen molar-refractivity contribution in [1.29, 1.82) is 0 Å². The molecular formula is C15H23NO3S. The quantitative estimate of drug-likeness (QED) is 0.812. The van der Waals surface area contributed by atoms with Crippen molar-refractivity contribution in [3.63, 3.8) is 0 Å². The molecule has 1 heterocycles. The summed E-state index contributed by atoms with van der Waals surface area (Å²) in [7, 11) is 0. The highest BCUT2D eigenvalue weighted by atomic mass is 32.1. The Morgan fingerprint density at radius 2 is 2.00 bits per heavy atom. The highest BCUT2D eigenvalue weighted by molar-refractivity contribution is 7.14. The summed E-state index contributed by atoms with van der Waals surface area (Å²) in [6, 6.07) is 1.89. The molecule has 0 aliphatic heterocycles. The summed E-state index contributed by atoms with van der Waals surface area (Å²) >= 11 is 1.47. The van der Waals surface area contributed by atoms with Gasteiger partial charge in [0, 0.05) is 4.88 Å². The van der Waals surface area contributed by atoms with Crippen molar-refractivity contribution in [3.8, 4) is 0 Å². The fraction of sp³-hybridized carbons (Fsp3) is 0.600. The lowest BCUT2D eigenvalue weighted by Crippen LogP contribution is -2.51. The number of aryl methyl sites for hydroxylation is 2. The maximum absolute atomic E-state index is 12.2. The van der Waals surface area contributed by atoms with Gasteiger partial charge >= 0.3 is 5.97 Å². The minimum Gasteiger partial charge on any atom is -0.480 e. The molecule has 0 aliphatic carbocycles. The number of aliphatic carboxylic acids is 1. The Morgan fingerprint density at radius 3 is 2.45 bits per heavy atom. The smallest absolute Gasteiger partial charge is 0.329 e. The molecule has 2 N–H and O–H groups in total. The second-order valence-corrected chi connectivity index (χ2v) is 6.24. The summed E-state index contributed by atoms with van der Waals surface area (Å²) < 4.78 is 0. The van der Waals surface area contributed by atoms with Crippen LogP contribution < -0.4 is 5.32 Å². The van der Waals surface area contributed by atoms with Crippen LogP contribution in [0.15, 0.2) is 6.07 Å². The molecule has 0 aromatic carbocycles. The van der Waals surface area contributed by atoms with E-state index in [0.29, 0.717) is 11.3 Å². The van der Waals surface area contributed by atoms with Crippen LogP contribution in [0.4, 0.5) is 0 Å². The van der Waals surface area contributed by atoms with E-state index in [1.807, 2.05) is 6.07 Å². The molecule has 1 atom stereocenters. The van der Waals surface area contributed by atoms with Gasteiger partial charge in [0.15, 0.2) is 0 Å². The molecule has 112 valence electrons. The summed E-state index contributed by atoms with van der Waals surface area (Å²) in [5.41, 5.74) is -0.0196. The van der Waals surface area contributed by atoms with E-state index in [2.05, 4.69) is 19.2 Å². The van der Waals surface area contributed by atoms with Crippen LogP contribution in [0.1, 0.15) is 60.6 Å². The number of carbonyl (C=O) groups is 2. The van der Waals surface area contributed by atoms with Gasteiger partial charge in [-0.3, -0.25) is 4.79 Å². The van der Waals surface area contributed by atoms with Gasteiger partial charge in [0.05, 0.1) is 4.88 Å². The molecule has 1 aromatic rings. The number of hydrogen-bond donors (Lipinski definition) is 2. The molecule has 0 fully saturated rings. The van der Waals surface area contributed by atoms with Crippen molar-refractivity contribution >= 4 is 23.2 Å². The number of amides is 1. The fourth-order valence-corrected chi connectivity index (χ4v) is 3.17. The van der Waals surface area contributed by atoms with Crippen molar-refractivity contribution in [2.45, 2.75) is 58.9 Å². The number of carboxylic acid groups (broad SMARTS) is 1. The number of carboxylic acids is 1. The van der Waals surface area contributed by atoms with Gasteiger partial charge in [0.25, 0.3) is 5.91 Å². The van der Waals surface area contributed by atoms with Crippen molar-refractivity contribution < 1.29 is 14.7 Å². The molecule has 0 spiro atoms. The Morgan fingerprint density at radius 1 is 1.35 bits per heavy atom. The maximum atomic E-state index is 12.2. The minimum absolute atomic E-state index is 0.293. The number of carbonyl (C=O) groups excluding carboxylic acids is 1. The first-order valence-corrected chi connectivity index (χ1v) is 7.87. The van der Waals surface area contributed by atoms with Crippen LogP contribution in [0.5, 0.6) is 0 Å². The molecule has 1 unspecified atom stereocenters. The van der Waals surface area contributed by atoms with E-state index in [4.69, 9.17) is 0 Å². The summed E-state index contributed by atoms with van der Waals surface area (Å²) in [4.78, 5) is 25.3. The largest absolute Gasteiger partial charge is 0.480 e. The summed E-state index contributed by atoms with van der Waals surface area (Å²) in [5.74, 6) is -1.30. The van der Waals surface area contributed by atoms with E-state index < -0.39 is 11.5 Å². The van der Waals surface area contributed by atoms with E-state index in [1.165, 1.54) is 28.7 Å². The molecule has 1 aromatic heterocycles. The maximum Gasteiger partial charge on any atom is 0.329 e. The van der Waals surface area contributed by atoms with Gasteiger partial charge in [-0.05, 0) is 37.8 Å². The van der Waals surface area contributed by atoms with Crippen molar-refractivity contribution in [2.24, 2.45) is 0 Å². The van der Waals surface area contributed by atoms with Gasteiger partial charge < -0.3 is 10.4 Å². The number of thiophene rings is 1. The summed E-state index contributed by atoms with van der Waals surface area (Å²) in [6.45, 7) is 7.46. The first-order valence-electron chi connectivity index (χ1n) is 7.05. The van der Waals surface area contributed by atoms with E-state index >= 15 is 0 Å². The van der Waals surface area contributed by atoms with Crippen molar-refractivity contribution in [3.05, 3.63) is 21.4 Å². The second-order valence-electron chi connectivity index (χ2n) is 5.11. The third-order valence-corrected chi connectivity index (χ3v) is 4.78. The topological polar surface area (TPSA) is 66.4 Å². The standard InChI is InChI=1S/C15H23NO3S/c1-5-8-11-10(6-2)9-12(20-11)13(17)16-15(4,7-3)14(18)19/h9H,5-8H2,1-4H3,(H,16,17)(H,18,19).